The van der Waals surface area contributed by atoms with Crippen molar-refractivity contribution in [2.75, 3.05) is 19.7 Å². The van der Waals surface area contributed by atoms with E-state index in [4.69, 9.17) is 27.9 Å². The molecule has 124 valence electrons. The van der Waals surface area contributed by atoms with Crippen molar-refractivity contribution in [3.05, 3.63) is 62.5 Å². The van der Waals surface area contributed by atoms with E-state index in [1.165, 1.54) is 6.07 Å². The molecule has 0 saturated carbocycles. The van der Waals surface area contributed by atoms with Gasteiger partial charge in [-0.15, -0.1) is 0 Å². The van der Waals surface area contributed by atoms with Crippen molar-refractivity contribution in [2.24, 2.45) is 0 Å². The predicted octanol–water partition coefficient (Wildman–Crippen LogP) is 3.58. The molecular formula is C17H20Cl2N2O2. The van der Waals surface area contributed by atoms with E-state index in [-0.39, 0.29) is 5.56 Å². The number of nitrogens with zero attached hydrogens (tertiary/aromatic N) is 1. The van der Waals surface area contributed by atoms with Crippen LogP contribution in [0.5, 0.6) is 5.75 Å². The molecule has 2 aromatic rings. The highest BCUT2D eigenvalue weighted by atomic mass is 35.5. The summed E-state index contributed by atoms with van der Waals surface area (Å²) in [5.74, 6) is 0.588. The second-order valence-corrected chi connectivity index (χ2v) is 5.96. The summed E-state index contributed by atoms with van der Waals surface area (Å²) in [4.78, 5) is 12.2. The number of hydrogen-bond acceptors (Lipinski definition) is 3. The number of pyridine rings is 1. The van der Waals surface area contributed by atoms with Gasteiger partial charge >= 0.3 is 0 Å². The highest BCUT2D eigenvalue weighted by Gasteiger charge is 2.05. The van der Waals surface area contributed by atoms with Crippen LogP contribution in [0.3, 0.4) is 0 Å². The predicted molar refractivity (Wildman–Crippen MR) is 94.9 cm³/mol. The van der Waals surface area contributed by atoms with Gasteiger partial charge in [-0.2, -0.15) is 0 Å². The average molecular weight is 355 g/mol. The Labute approximate surface area is 146 Å². The minimum atomic E-state index is -0.125. The third kappa shape index (κ3) is 5.57. The smallest absolute Gasteiger partial charge is 0.254 e. The number of halogens is 2. The molecule has 1 heterocycles. The van der Waals surface area contributed by atoms with Gasteiger partial charge in [0.1, 0.15) is 5.75 Å². The Morgan fingerprint density at radius 1 is 1.22 bits per heavy atom. The molecule has 6 heteroatoms. The van der Waals surface area contributed by atoms with Crippen LogP contribution in [0.25, 0.3) is 0 Å². The third-order valence-electron chi connectivity index (χ3n) is 3.34. The first kappa shape index (κ1) is 17.9. The van der Waals surface area contributed by atoms with Crippen LogP contribution in [0.1, 0.15) is 18.9 Å². The number of hydrogen-bond donors (Lipinski definition) is 1. The molecule has 0 spiro atoms. The SMILES string of the molecule is CCNCCCOc1ccn(Cc2ccc(Cl)cc2Cl)c(=O)c1. The molecule has 0 unspecified atom stereocenters. The Balaban J connectivity index is 1.98. The van der Waals surface area contributed by atoms with Crippen molar-refractivity contribution in [3.63, 3.8) is 0 Å². The van der Waals surface area contributed by atoms with E-state index in [1.807, 2.05) is 6.07 Å². The Morgan fingerprint density at radius 2 is 2.04 bits per heavy atom. The van der Waals surface area contributed by atoms with Gasteiger partial charge in [0.15, 0.2) is 0 Å². The van der Waals surface area contributed by atoms with Gasteiger partial charge in [0.25, 0.3) is 5.56 Å². The molecule has 0 saturated heterocycles. The Morgan fingerprint density at radius 3 is 2.74 bits per heavy atom. The Hall–Kier alpha value is -1.49. The summed E-state index contributed by atoms with van der Waals surface area (Å²) in [6.07, 6.45) is 2.62. The molecule has 0 atom stereocenters. The van der Waals surface area contributed by atoms with E-state index in [9.17, 15) is 4.79 Å². The average Bonchev–Trinajstić information content (AvgIpc) is 2.52. The number of ether oxygens (including phenoxy) is 1. The van der Waals surface area contributed by atoms with Crippen molar-refractivity contribution in [1.82, 2.24) is 9.88 Å². The molecule has 0 amide bonds. The van der Waals surface area contributed by atoms with E-state index in [0.717, 1.165) is 25.1 Å². The van der Waals surface area contributed by atoms with Crippen LogP contribution >= 0.6 is 23.2 Å². The lowest BCUT2D eigenvalue weighted by Gasteiger charge is -2.10. The fourth-order valence-corrected chi connectivity index (χ4v) is 2.58. The van der Waals surface area contributed by atoms with Gasteiger partial charge in [-0.1, -0.05) is 36.2 Å². The molecule has 2 rings (SSSR count). The third-order valence-corrected chi connectivity index (χ3v) is 3.93. The zero-order valence-corrected chi connectivity index (χ0v) is 14.5. The van der Waals surface area contributed by atoms with Crippen molar-refractivity contribution in [2.45, 2.75) is 19.9 Å². The van der Waals surface area contributed by atoms with Gasteiger partial charge in [-0.05, 0) is 43.3 Å². The minimum absolute atomic E-state index is 0.125. The van der Waals surface area contributed by atoms with Gasteiger partial charge in [0.2, 0.25) is 0 Å². The number of aromatic nitrogens is 1. The molecule has 0 radical (unpaired) electrons. The van der Waals surface area contributed by atoms with Crippen molar-refractivity contribution >= 4 is 23.2 Å². The van der Waals surface area contributed by atoms with Crippen LogP contribution in [0.2, 0.25) is 10.0 Å². The van der Waals surface area contributed by atoms with Gasteiger partial charge in [0.05, 0.1) is 13.2 Å². The largest absolute Gasteiger partial charge is 0.493 e. The van der Waals surface area contributed by atoms with E-state index in [1.54, 1.807) is 29.0 Å². The van der Waals surface area contributed by atoms with Crippen LogP contribution in [0, 0.1) is 0 Å². The summed E-state index contributed by atoms with van der Waals surface area (Å²) in [5, 5.41) is 4.35. The van der Waals surface area contributed by atoms with E-state index in [0.29, 0.717) is 28.9 Å². The molecule has 1 aromatic heterocycles. The Kier molecular flexibility index (Phi) is 6.96. The molecule has 1 N–H and O–H groups in total. The molecule has 0 aliphatic carbocycles. The van der Waals surface area contributed by atoms with Crippen molar-refractivity contribution < 1.29 is 4.74 Å². The van der Waals surface area contributed by atoms with Crippen LogP contribution in [0.15, 0.2) is 41.3 Å². The molecule has 0 aliphatic rings. The summed E-state index contributed by atoms with van der Waals surface area (Å²) < 4.78 is 7.17. The zero-order chi connectivity index (χ0) is 16.7. The van der Waals surface area contributed by atoms with Gasteiger partial charge in [-0.25, -0.2) is 0 Å². The fraction of sp³-hybridized carbons (Fsp3) is 0.353. The molecule has 23 heavy (non-hydrogen) atoms. The summed E-state index contributed by atoms with van der Waals surface area (Å²) >= 11 is 12.0. The van der Waals surface area contributed by atoms with Gasteiger partial charge in [0, 0.05) is 22.3 Å². The number of nitrogens with one attached hydrogen (secondary N) is 1. The highest BCUT2D eigenvalue weighted by molar-refractivity contribution is 6.35. The first-order valence-electron chi connectivity index (χ1n) is 7.58. The summed E-state index contributed by atoms with van der Waals surface area (Å²) in [6, 6.07) is 8.54. The topological polar surface area (TPSA) is 43.3 Å². The van der Waals surface area contributed by atoms with Crippen molar-refractivity contribution in [1.29, 1.82) is 0 Å². The minimum Gasteiger partial charge on any atom is -0.493 e. The van der Waals surface area contributed by atoms with Crippen LogP contribution in [0.4, 0.5) is 0 Å². The lowest BCUT2D eigenvalue weighted by molar-refractivity contribution is 0.307. The molecular weight excluding hydrogens is 335 g/mol. The summed E-state index contributed by atoms with van der Waals surface area (Å²) in [7, 11) is 0. The lowest BCUT2D eigenvalue weighted by Crippen LogP contribution is -2.20. The molecule has 4 nitrogen and oxygen atoms in total. The number of rotatable bonds is 8. The van der Waals surface area contributed by atoms with E-state index < -0.39 is 0 Å². The Bertz CT molecular complexity index is 701. The van der Waals surface area contributed by atoms with E-state index >= 15 is 0 Å². The normalized spacial score (nSPS) is 10.7. The molecule has 0 aliphatic heterocycles. The maximum absolute atomic E-state index is 12.2. The molecule has 0 fully saturated rings. The number of benzene rings is 1. The second-order valence-electron chi connectivity index (χ2n) is 5.12. The lowest BCUT2D eigenvalue weighted by atomic mass is 10.2. The molecule has 1 aromatic carbocycles. The zero-order valence-electron chi connectivity index (χ0n) is 13.0. The fourth-order valence-electron chi connectivity index (χ4n) is 2.11. The standard InChI is InChI=1S/C17H20Cl2N2O2/c1-2-20-7-3-9-23-15-6-8-21(17(22)11-15)12-13-4-5-14(18)10-16(13)19/h4-6,8,10-11,20H,2-3,7,9,12H2,1H3. The summed E-state index contributed by atoms with van der Waals surface area (Å²) in [6.45, 7) is 4.90. The van der Waals surface area contributed by atoms with Crippen LogP contribution < -0.4 is 15.6 Å². The first-order chi connectivity index (χ1) is 11.1. The maximum atomic E-state index is 12.2. The first-order valence-corrected chi connectivity index (χ1v) is 8.33. The van der Waals surface area contributed by atoms with Crippen LogP contribution in [-0.2, 0) is 6.54 Å². The monoisotopic (exact) mass is 354 g/mol. The van der Waals surface area contributed by atoms with Crippen LogP contribution in [-0.4, -0.2) is 24.3 Å². The van der Waals surface area contributed by atoms with Gasteiger partial charge in [-0.3, -0.25) is 4.79 Å². The van der Waals surface area contributed by atoms with Crippen molar-refractivity contribution in [3.8, 4) is 5.75 Å². The molecule has 0 bridgehead atoms. The van der Waals surface area contributed by atoms with E-state index in [2.05, 4.69) is 12.2 Å². The quantitative estimate of drug-likeness (QED) is 0.736. The summed E-state index contributed by atoms with van der Waals surface area (Å²) in [5.41, 5.74) is 0.720. The second kappa shape index (κ2) is 8.96. The highest BCUT2D eigenvalue weighted by Crippen LogP contribution is 2.21. The maximum Gasteiger partial charge on any atom is 0.254 e. The van der Waals surface area contributed by atoms with Gasteiger partial charge < -0.3 is 14.6 Å².